The molecule has 0 amide bonds. The van der Waals surface area contributed by atoms with Gasteiger partial charge in [-0.25, -0.2) is 0 Å². The van der Waals surface area contributed by atoms with E-state index in [2.05, 4.69) is 24.3 Å². The minimum absolute atomic E-state index is 0.199. The summed E-state index contributed by atoms with van der Waals surface area (Å²) in [6, 6.07) is 24.3. The van der Waals surface area contributed by atoms with Crippen molar-refractivity contribution in [3.05, 3.63) is 89.5 Å². The van der Waals surface area contributed by atoms with Gasteiger partial charge >= 0.3 is 0 Å². The van der Waals surface area contributed by atoms with E-state index in [1.165, 1.54) is 11.1 Å². The first kappa shape index (κ1) is 18.3. The lowest BCUT2D eigenvalue weighted by atomic mass is 10.1. The van der Waals surface area contributed by atoms with E-state index in [4.69, 9.17) is 9.47 Å². The van der Waals surface area contributed by atoms with Crippen molar-refractivity contribution >= 4 is 25.5 Å². The maximum absolute atomic E-state index is 11.3. The van der Waals surface area contributed by atoms with Crippen LogP contribution in [0.25, 0.3) is 0 Å². The number of hydrogen-bond acceptors (Lipinski definition) is 3. The number of rotatable bonds is 8. The van der Waals surface area contributed by atoms with Crippen molar-refractivity contribution in [2.24, 2.45) is 0 Å². The third-order valence-corrected chi connectivity index (χ3v) is 5.37. The predicted molar refractivity (Wildman–Crippen MR) is 108 cm³/mol. The quantitative estimate of drug-likeness (QED) is 0.347. The van der Waals surface area contributed by atoms with Gasteiger partial charge in [0.2, 0.25) is 0 Å². The molecule has 0 spiro atoms. The lowest BCUT2D eigenvalue weighted by Crippen LogP contribution is -2.13. The van der Waals surface area contributed by atoms with Crippen LogP contribution in [0, 0.1) is 0 Å². The van der Waals surface area contributed by atoms with Gasteiger partial charge in [-0.05, 0) is 35.0 Å². The van der Waals surface area contributed by atoms with Crippen LogP contribution in [0.15, 0.2) is 72.8 Å². The summed E-state index contributed by atoms with van der Waals surface area (Å²) < 4.78 is 10.8. The van der Waals surface area contributed by atoms with Crippen LogP contribution in [0.1, 0.15) is 21.5 Å². The fourth-order valence-corrected chi connectivity index (χ4v) is 4.02. The Bertz CT molecular complexity index is 862. The van der Waals surface area contributed by atoms with E-state index in [1.54, 1.807) is 7.11 Å². The van der Waals surface area contributed by atoms with Crippen molar-refractivity contribution in [1.29, 1.82) is 0 Å². The number of hydrogen-bond donors (Lipinski definition) is 0. The summed E-state index contributed by atoms with van der Waals surface area (Å²) in [5.41, 5.74) is 3.20. The molecule has 0 N–H and O–H groups in total. The summed E-state index contributed by atoms with van der Waals surface area (Å²) in [5, 5.41) is 2.09. The molecule has 3 aromatic rings. The monoisotopic (exact) mass is 364 g/mol. The van der Waals surface area contributed by atoms with E-state index in [1.807, 2.05) is 48.5 Å². The number of ether oxygens (including phenoxy) is 2. The summed E-state index contributed by atoms with van der Waals surface area (Å²) in [7, 11) is 1.94. The summed E-state index contributed by atoms with van der Waals surface area (Å²) in [6.07, 6.45) is 1.77. The van der Waals surface area contributed by atoms with Crippen LogP contribution >= 0.6 is 8.58 Å². The van der Waals surface area contributed by atoms with Crippen molar-refractivity contribution in [3.63, 3.8) is 0 Å². The van der Waals surface area contributed by atoms with Crippen molar-refractivity contribution in [3.8, 4) is 5.75 Å². The van der Waals surface area contributed by atoms with Crippen LogP contribution in [-0.4, -0.2) is 20.2 Å². The topological polar surface area (TPSA) is 35.5 Å². The molecule has 0 aliphatic heterocycles. The average molecular weight is 364 g/mol. The van der Waals surface area contributed by atoms with Crippen molar-refractivity contribution in [2.45, 2.75) is 6.42 Å². The predicted octanol–water partition coefficient (Wildman–Crippen LogP) is 3.70. The average Bonchev–Trinajstić information content (AvgIpc) is 2.68. The Hall–Kier alpha value is -2.48. The Labute approximate surface area is 155 Å². The molecule has 0 aliphatic rings. The highest BCUT2D eigenvalue weighted by molar-refractivity contribution is 7.56. The van der Waals surface area contributed by atoms with Crippen LogP contribution in [0.4, 0.5) is 0 Å². The minimum Gasteiger partial charge on any atom is -0.467 e. The molecule has 3 aromatic carbocycles. The lowest BCUT2D eigenvalue weighted by molar-refractivity contribution is 0.0519. The summed E-state index contributed by atoms with van der Waals surface area (Å²) in [4.78, 5) is 11.3. The van der Waals surface area contributed by atoms with E-state index in [0.29, 0.717) is 8.58 Å². The Morgan fingerprint density at radius 2 is 1.65 bits per heavy atom. The summed E-state index contributed by atoms with van der Waals surface area (Å²) in [5.74, 6) is 0.794. The highest BCUT2D eigenvalue weighted by atomic mass is 31.1. The van der Waals surface area contributed by atoms with Crippen LogP contribution in [0.5, 0.6) is 5.75 Å². The second kappa shape index (κ2) is 9.28. The number of carbonyl (C=O) groups excluding carboxylic acids is 1. The molecule has 132 valence electrons. The molecule has 0 radical (unpaired) electrons. The van der Waals surface area contributed by atoms with Gasteiger partial charge in [0.1, 0.15) is 5.75 Å². The zero-order valence-corrected chi connectivity index (χ0v) is 15.6. The molecule has 3 nitrogen and oxygen atoms in total. The molecule has 1 unspecified atom stereocenters. The first-order chi connectivity index (χ1) is 12.8. The van der Waals surface area contributed by atoms with E-state index in [0.717, 1.165) is 34.6 Å². The molecule has 0 saturated carbocycles. The Morgan fingerprint density at radius 3 is 2.42 bits per heavy atom. The van der Waals surface area contributed by atoms with E-state index >= 15 is 0 Å². The largest absolute Gasteiger partial charge is 0.467 e. The molecular weight excluding hydrogens is 343 g/mol. The van der Waals surface area contributed by atoms with Gasteiger partial charge in [0.05, 0.1) is 0 Å². The second-order valence-electron chi connectivity index (χ2n) is 5.87. The second-order valence-corrected chi connectivity index (χ2v) is 7.20. The van der Waals surface area contributed by atoms with Gasteiger partial charge in [-0.2, -0.15) is 0 Å². The molecule has 0 saturated heterocycles. The van der Waals surface area contributed by atoms with Crippen molar-refractivity contribution in [2.75, 3.05) is 13.9 Å². The Morgan fingerprint density at radius 1 is 0.885 bits per heavy atom. The van der Waals surface area contributed by atoms with Gasteiger partial charge in [0.15, 0.2) is 13.1 Å². The zero-order chi connectivity index (χ0) is 18.2. The molecule has 0 aromatic heterocycles. The summed E-state index contributed by atoms with van der Waals surface area (Å²) in [6.45, 7) is 0.199. The van der Waals surface area contributed by atoms with Gasteiger partial charge < -0.3 is 9.47 Å². The fourth-order valence-electron chi connectivity index (χ4n) is 2.72. The van der Waals surface area contributed by atoms with Gasteiger partial charge in [0.25, 0.3) is 0 Å². The molecule has 0 bridgehead atoms. The molecule has 0 heterocycles. The van der Waals surface area contributed by atoms with Crippen LogP contribution in [-0.2, 0) is 11.2 Å². The SMILES string of the molecule is COCOc1ccc(Cc2ccccc2)cc1Pc1ccccc1C=O. The van der Waals surface area contributed by atoms with Gasteiger partial charge in [-0.15, -0.1) is 0 Å². The first-order valence-corrected chi connectivity index (χ1v) is 9.40. The molecule has 4 heteroatoms. The van der Waals surface area contributed by atoms with Crippen molar-refractivity contribution in [1.82, 2.24) is 0 Å². The third-order valence-electron chi connectivity index (χ3n) is 3.98. The number of aldehydes is 1. The molecule has 0 aliphatic carbocycles. The van der Waals surface area contributed by atoms with E-state index < -0.39 is 0 Å². The minimum atomic E-state index is 0.199. The normalized spacial score (nSPS) is 11.0. The Kier molecular flexibility index (Phi) is 6.54. The van der Waals surface area contributed by atoms with Gasteiger partial charge in [0, 0.05) is 18.0 Å². The van der Waals surface area contributed by atoms with E-state index in [-0.39, 0.29) is 6.79 Å². The number of methoxy groups -OCH3 is 1. The van der Waals surface area contributed by atoms with Gasteiger partial charge in [-0.3, -0.25) is 4.79 Å². The van der Waals surface area contributed by atoms with Crippen LogP contribution < -0.4 is 15.3 Å². The van der Waals surface area contributed by atoms with Gasteiger partial charge in [-0.1, -0.05) is 69.2 Å². The number of benzene rings is 3. The molecule has 0 fully saturated rings. The molecular formula is C22H21O3P. The molecule has 3 rings (SSSR count). The molecule has 1 atom stereocenters. The summed E-state index contributed by atoms with van der Waals surface area (Å²) >= 11 is 0. The number of carbonyl (C=O) groups is 1. The Balaban J connectivity index is 1.91. The lowest BCUT2D eigenvalue weighted by Gasteiger charge is -2.14. The highest BCUT2D eigenvalue weighted by Crippen LogP contribution is 2.23. The van der Waals surface area contributed by atoms with E-state index in [9.17, 15) is 4.79 Å². The third kappa shape index (κ3) is 4.78. The fraction of sp³-hybridized carbons (Fsp3) is 0.136. The maximum Gasteiger partial charge on any atom is 0.188 e. The first-order valence-electron chi connectivity index (χ1n) is 8.40. The maximum atomic E-state index is 11.3. The van der Waals surface area contributed by atoms with Crippen molar-refractivity contribution < 1.29 is 14.3 Å². The van der Waals surface area contributed by atoms with Crippen LogP contribution in [0.2, 0.25) is 0 Å². The highest BCUT2D eigenvalue weighted by Gasteiger charge is 2.10. The smallest absolute Gasteiger partial charge is 0.188 e. The standard InChI is InChI=1S/C22H21O3P/c1-24-16-25-20-12-11-18(13-17-7-3-2-4-8-17)14-22(20)26-21-10-6-5-9-19(21)15-23/h2-12,14-15,26H,13,16H2,1H3. The zero-order valence-electron chi connectivity index (χ0n) is 14.6. The van der Waals surface area contributed by atoms with Crippen LogP contribution in [0.3, 0.4) is 0 Å². The molecule has 26 heavy (non-hydrogen) atoms.